The summed E-state index contributed by atoms with van der Waals surface area (Å²) in [5, 5.41) is 0.603. The molecule has 3 aliphatic rings. The standard InChI is InChI=1S/C31H33ClFNO2/c1-30(2)11-4-5-24(30)22-15-19(6-8-21(22)23-16-27(35-3)34-17-25(23)32)18-36-26-9-7-20-10-12-31(13-14-31)28(20)29(26)33/h6-9,15-17,24H,4-5,10-14,18H2,1-3H3. The zero-order valence-corrected chi connectivity index (χ0v) is 22.1. The van der Waals surface area contributed by atoms with E-state index in [1.807, 2.05) is 12.1 Å². The Hall–Kier alpha value is -2.59. The normalized spacial score (nSPS) is 21.0. The molecule has 0 N–H and O–H groups in total. The number of hydrogen-bond donors (Lipinski definition) is 0. The molecule has 6 rings (SSSR count). The molecule has 1 atom stereocenters. The molecule has 3 nitrogen and oxygen atoms in total. The number of pyridine rings is 1. The highest BCUT2D eigenvalue weighted by atomic mass is 35.5. The van der Waals surface area contributed by atoms with Crippen LogP contribution in [0.1, 0.15) is 80.5 Å². The molecule has 2 fully saturated rings. The van der Waals surface area contributed by atoms with E-state index < -0.39 is 0 Å². The Morgan fingerprint density at radius 1 is 1.06 bits per heavy atom. The third kappa shape index (κ3) is 3.98. The Balaban J connectivity index is 1.34. The summed E-state index contributed by atoms with van der Waals surface area (Å²) in [5.74, 6) is 1.16. The van der Waals surface area contributed by atoms with Crippen molar-refractivity contribution in [3.05, 3.63) is 75.7 Å². The maximum atomic E-state index is 15.5. The molecule has 0 bridgehead atoms. The first-order valence-electron chi connectivity index (χ1n) is 13.1. The van der Waals surface area contributed by atoms with Gasteiger partial charge in [0.15, 0.2) is 11.6 Å². The van der Waals surface area contributed by atoms with Gasteiger partial charge >= 0.3 is 0 Å². The molecule has 1 unspecified atom stereocenters. The maximum absolute atomic E-state index is 15.5. The van der Waals surface area contributed by atoms with Gasteiger partial charge in [0.25, 0.3) is 0 Å². The van der Waals surface area contributed by atoms with Gasteiger partial charge in [-0.2, -0.15) is 0 Å². The highest BCUT2D eigenvalue weighted by Gasteiger charge is 2.50. The summed E-state index contributed by atoms with van der Waals surface area (Å²) >= 11 is 6.63. The summed E-state index contributed by atoms with van der Waals surface area (Å²) < 4.78 is 27.0. The first-order valence-corrected chi connectivity index (χ1v) is 13.5. The van der Waals surface area contributed by atoms with Gasteiger partial charge in [-0.1, -0.05) is 56.1 Å². The van der Waals surface area contributed by atoms with Crippen LogP contribution in [0, 0.1) is 11.2 Å². The Kier molecular flexibility index (Phi) is 5.79. The van der Waals surface area contributed by atoms with Crippen LogP contribution in [0.5, 0.6) is 11.6 Å². The second-order valence-electron chi connectivity index (χ2n) is 11.5. The van der Waals surface area contributed by atoms with E-state index in [0.29, 0.717) is 29.2 Å². The number of rotatable bonds is 6. The first kappa shape index (κ1) is 23.8. The lowest BCUT2D eigenvalue weighted by Gasteiger charge is -2.30. The van der Waals surface area contributed by atoms with Gasteiger partial charge in [0.1, 0.15) is 6.61 Å². The predicted octanol–water partition coefficient (Wildman–Crippen LogP) is 8.40. The average molecular weight is 506 g/mol. The molecule has 3 aromatic rings. The molecule has 2 aromatic carbocycles. The van der Waals surface area contributed by atoms with Gasteiger partial charge in [0, 0.05) is 17.2 Å². The molecule has 2 saturated carbocycles. The minimum Gasteiger partial charge on any atom is -0.486 e. The monoisotopic (exact) mass is 505 g/mol. The van der Waals surface area contributed by atoms with Crippen molar-refractivity contribution in [1.82, 2.24) is 4.98 Å². The van der Waals surface area contributed by atoms with Crippen molar-refractivity contribution in [2.75, 3.05) is 7.11 Å². The Morgan fingerprint density at radius 2 is 1.89 bits per heavy atom. The molecule has 0 saturated heterocycles. The van der Waals surface area contributed by atoms with Crippen LogP contribution < -0.4 is 9.47 Å². The van der Waals surface area contributed by atoms with Crippen LogP contribution in [0.3, 0.4) is 0 Å². The van der Waals surface area contributed by atoms with Crippen LogP contribution in [-0.2, 0) is 18.4 Å². The minimum atomic E-state index is -0.146. The average Bonchev–Trinajstić information content (AvgIpc) is 3.42. The molecule has 0 amide bonds. The van der Waals surface area contributed by atoms with Gasteiger partial charge in [0.05, 0.1) is 18.3 Å². The highest BCUT2D eigenvalue weighted by molar-refractivity contribution is 6.33. The van der Waals surface area contributed by atoms with Crippen molar-refractivity contribution in [1.29, 1.82) is 0 Å². The largest absolute Gasteiger partial charge is 0.486 e. The van der Waals surface area contributed by atoms with E-state index in [9.17, 15) is 0 Å². The Morgan fingerprint density at radius 3 is 2.61 bits per heavy atom. The summed E-state index contributed by atoms with van der Waals surface area (Å²) in [6, 6.07) is 12.2. The van der Waals surface area contributed by atoms with E-state index in [0.717, 1.165) is 59.9 Å². The molecule has 1 spiro atoms. The number of fused-ring (bicyclic) bond motifs is 2. The number of nitrogens with zero attached hydrogens (tertiary/aromatic N) is 1. The molecule has 3 aliphatic carbocycles. The van der Waals surface area contributed by atoms with Crippen molar-refractivity contribution >= 4 is 11.6 Å². The van der Waals surface area contributed by atoms with Crippen LogP contribution in [0.2, 0.25) is 5.02 Å². The van der Waals surface area contributed by atoms with E-state index in [1.165, 1.54) is 18.4 Å². The number of benzene rings is 2. The molecule has 188 valence electrons. The molecule has 1 heterocycles. The van der Waals surface area contributed by atoms with E-state index in [2.05, 4.69) is 43.1 Å². The lowest BCUT2D eigenvalue weighted by molar-refractivity contribution is 0.288. The summed E-state index contributed by atoms with van der Waals surface area (Å²) in [7, 11) is 1.62. The predicted molar refractivity (Wildman–Crippen MR) is 142 cm³/mol. The van der Waals surface area contributed by atoms with E-state index >= 15 is 4.39 Å². The van der Waals surface area contributed by atoms with Crippen molar-refractivity contribution in [3.8, 4) is 22.8 Å². The number of ether oxygens (including phenoxy) is 2. The van der Waals surface area contributed by atoms with E-state index in [4.69, 9.17) is 21.1 Å². The van der Waals surface area contributed by atoms with Gasteiger partial charge in [-0.3, -0.25) is 0 Å². The molecular formula is C31H33ClFNO2. The Bertz CT molecular complexity index is 1330. The second-order valence-corrected chi connectivity index (χ2v) is 11.9. The quantitative estimate of drug-likeness (QED) is 0.337. The van der Waals surface area contributed by atoms with Crippen LogP contribution in [0.15, 0.2) is 42.6 Å². The summed E-state index contributed by atoms with van der Waals surface area (Å²) in [5.41, 5.74) is 6.68. The fourth-order valence-corrected chi connectivity index (χ4v) is 6.88. The zero-order valence-electron chi connectivity index (χ0n) is 21.3. The van der Waals surface area contributed by atoms with Crippen LogP contribution in [-0.4, -0.2) is 12.1 Å². The molecule has 5 heteroatoms. The second kappa shape index (κ2) is 8.76. The minimum absolute atomic E-state index is 0.0898. The van der Waals surface area contributed by atoms with Crippen LogP contribution >= 0.6 is 11.6 Å². The number of methoxy groups -OCH3 is 1. The van der Waals surface area contributed by atoms with Gasteiger partial charge < -0.3 is 9.47 Å². The highest BCUT2D eigenvalue weighted by Crippen LogP contribution is 2.58. The lowest BCUT2D eigenvalue weighted by atomic mass is 9.75. The van der Waals surface area contributed by atoms with Gasteiger partial charge in [-0.15, -0.1) is 0 Å². The maximum Gasteiger partial charge on any atom is 0.213 e. The SMILES string of the molecule is COc1cc(-c2ccc(COc3ccc4c(c3F)C3(CC4)CC3)cc2C2CCCC2(C)C)c(Cl)cn1. The number of aryl methyl sites for hydroxylation is 1. The zero-order chi connectivity index (χ0) is 25.1. The molecule has 0 aliphatic heterocycles. The van der Waals surface area contributed by atoms with Gasteiger partial charge in [-0.05, 0) is 83.6 Å². The van der Waals surface area contributed by atoms with Crippen molar-refractivity contribution in [2.24, 2.45) is 5.41 Å². The van der Waals surface area contributed by atoms with Crippen molar-refractivity contribution in [2.45, 2.75) is 76.7 Å². The fraction of sp³-hybridized carbons (Fsp3) is 0.452. The number of hydrogen-bond acceptors (Lipinski definition) is 3. The third-order valence-corrected chi connectivity index (χ3v) is 9.22. The Labute approximate surface area is 218 Å². The third-order valence-electron chi connectivity index (χ3n) is 8.92. The fourth-order valence-electron chi connectivity index (χ4n) is 6.68. The molecule has 1 aromatic heterocycles. The van der Waals surface area contributed by atoms with Gasteiger partial charge in [-0.25, -0.2) is 9.37 Å². The first-order chi connectivity index (χ1) is 17.3. The van der Waals surface area contributed by atoms with Gasteiger partial charge in [0.2, 0.25) is 5.88 Å². The summed E-state index contributed by atoms with van der Waals surface area (Å²) in [4.78, 5) is 4.26. The summed E-state index contributed by atoms with van der Waals surface area (Å²) in [6.45, 7) is 5.02. The van der Waals surface area contributed by atoms with Crippen LogP contribution in [0.25, 0.3) is 11.1 Å². The van der Waals surface area contributed by atoms with E-state index in [1.54, 1.807) is 13.3 Å². The van der Waals surface area contributed by atoms with Crippen molar-refractivity contribution in [3.63, 3.8) is 0 Å². The lowest BCUT2D eigenvalue weighted by Crippen LogP contribution is -2.16. The van der Waals surface area contributed by atoms with Crippen LogP contribution in [0.4, 0.5) is 4.39 Å². The van der Waals surface area contributed by atoms with Crippen molar-refractivity contribution < 1.29 is 13.9 Å². The topological polar surface area (TPSA) is 31.4 Å². The molecule has 36 heavy (non-hydrogen) atoms. The van der Waals surface area contributed by atoms with E-state index in [-0.39, 0.29) is 16.6 Å². The summed E-state index contributed by atoms with van der Waals surface area (Å²) in [6.07, 6.45) is 9.44. The number of halogens is 2. The molecule has 0 radical (unpaired) electrons. The molecular weight excluding hydrogens is 473 g/mol. The smallest absolute Gasteiger partial charge is 0.213 e. The number of aromatic nitrogens is 1.